The van der Waals surface area contributed by atoms with E-state index in [1.807, 2.05) is 36.4 Å². The highest BCUT2D eigenvalue weighted by Crippen LogP contribution is 2.26. The molecule has 1 N–H and O–H groups in total. The molecule has 106 valence electrons. The van der Waals surface area contributed by atoms with Crippen molar-refractivity contribution < 1.29 is 14.6 Å². The molecule has 2 aromatic rings. The van der Waals surface area contributed by atoms with Gasteiger partial charge in [-0.15, -0.1) is 0 Å². The van der Waals surface area contributed by atoms with Gasteiger partial charge in [-0.3, -0.25) is 0 Å². The van der Waals surface area contributed by atoms with Gasteiger partial charge in [-0.25, -0.2) is 0 Å². The largest absolute Gasteiger partial charge is 0.508 e. The number of phenols is 1. The maximum atomic E-state index is 9.74. The third-order valence-corrected chi connectivity index (χ3v) is 3.38. The summed E-state index contributed by atoms with van der Waals surface area (Å²) in [6.45, 7) is 0. The molecule has 20 heavy (non-hydrogen) atoms. The first-order valence-electron chi connectivity index (χ1n) is 6.72. The van der Waals surface area contributed by atoms with E-state index in [2.05, 4.69) is 0 Å². The highest BCUT2D eigenvalue weighted by Gasteiger charge is 2.06. The van der Waals surface area contributed by atoms with Crippen molar-refractivity contribution in [3.05, 3.63) is 53.6 Å². The minimum Gasteiger partial charge on any atom is -0.508 e. The summed E-state index contributed by atoms with van der Waals surface area (Å²) in [6.07, 6.45) is 2.71. The third kappa shape index (κ3) is 3.44. The number of phenolic OH excluding ortho intramolecular Hbond substituents is 1. The number of para-hydroxylation sites is 1. The van der Waals surface area contributed by atoms with Crippen LogP contribution in [0.4, 0.5) is 0 Å². The minimum absolute atomic E-state index is 0.370. The number of hydrogen-bond donors (Lipinski definition) is 1. The number of hydrogen-bond acceptors (Lipinski definition) is 3. The van der Waals surface area contributed by atoms with E-state index in [-0.39, 0.29) is 0 Å². The quantitative estimate of drug-likeness (QED) is 0.873. The zero-order chi connectivity index (χ0) is 14.4. The molecule has 0 aliphatic rings. The molecule has 0 saturated heterocycles. The molecule has 0 fully saturated rings. The van der Waals surface area contributed by atoms with Crippen molar-refractivity contribution in [3.63, 3.8) is 0 Å². The number of aromatic hydroxyl groups is 1. The van der Waals surface area contributed by atoms with Gasteiger partial charge in [0.15, 0.2) is 0 Å². The summed E-state index contributed by atoms with van der Waals surface area (Å²) in [4.78, 5) is 0. The summed E-state index contributed by atoms with van der Waals surface area (Å²) in [7, 11) is 3.31. The minimum atomic E-state index is 0.370. The van der Waals surface area contributed by atoms with Crippen LogP contribution in [0.25, 0.3) is 0 Å². The Morgan fingerprint density at radius 3 is 2.35 bits per heavy atom. The van der Waals surface area contributed by atoms with E-state index in [4.69, 9.17) is 9.47 Å². The van der Waals surface area contributed by atoms with Crippen LogP contribution >= 0.6 is 0 Å². The summed E-state index contributed by atoms with van der Waals surface area (Å²) in [6, 6.07) is 13.3. The molecule has 0 atom stereocenters. The van der Waals surface area contributed by atoms with Gasteiger partial charge in [-0.2, -0.15) is 0 Å². The molecule has 0 amide bonds. The Labute approximate surface area is 119 Å². The molecular formula is C17H20O3. The lowest BCUT2D eigenvalue weighted by Gasteiger charge is -2.10. The van der Waals surface area contributed by atoms with Gasteiger partial charge < -0.3 is 14.6 Å². The fourth-order valence-electron chi connectivity index (χ4n) is 2.25. The molecule has 0 aliphatic carbocycles. The van der Waals surface area contributed by atoms with Crippen molar-refractivity contribution in [1.29, 1.82) is 0 Å². The second-order valence-corrected chi connectivity index (χ2v) is 4.66. The number of methoxy groups -OCH3 is 2. The highest BCUT2D eigenvalue weighted by molar-refractivity contribution is 5.41. The first kappa shape index (κ1) is 14.3. The molecular weight excluding hydrogens is 252 g/mol. The van der Waals surface area contributed by atoms with Crippen molar-refractivity contribution in [3.8, 4) is 17.2 Å². The van der Waals surface area contributed by atoms with E-state index in [0.717, 1.165) is 41.9 Å². The number of benzene rings is 2. The lowest BCUT2D eigenvalue weighted by atomic mass is 10.0. The lowest BCUT2D eigenvalue weighted by Crippen LogP contribution is -1.95. The van der Waals surface area contributed by atoms with E-state index in [0.29, 0.717) is 5.75 Å². The topological polar surface area (TPSA) is 38.7 Å². The van der Waals surface area contributed by atoms with Gasteiger partial charge in [0, 0.05) is 6.07 Å². The second-order valence-electron chi connectivity index (χ2n) is 4.66. The molecule has 0 saturated carbocycles. The molecule has 2 aromatic carbocycles. The monoisotopic (exact) mass is 272 g/mol. The van der Waals surface area contributed by atoms with Crippen molar-refractivity contribution in [2.45, 2.75) is 19.3 Å². The van der Waals surface area contributed by atoms with Crippen molar-refractivity contribution in [2.75, 3.05) is 14.2 Å². The Bertz CT molecular complexity index is 564. The SMILES string of the molecule is COc1ccc(CCCc2ccccc2O)c(OC)c1. The van der Waals surface area contributed by atoms with Crippen molar-refractivity contribution in [2.24, 2.45) is 0 Å². The molecule has 0 radical (unpaired) electrons. The fraction of sp³-hybridized carbons (Fsp3) is 0.294. The average Bonchev–Trinajstić information content (AvgIpc) is 2.49. The Balaban J connectivity index is 1.99. The van der Waals surface area contributed by atoms with Crippen molar-refractivity contribution in [1.82, 2.24) is 0 Å². The summed E-state index contributed by atoms with van der Waals surface area (Å²) in [5, 5.41) is 9.74. The van der Waals surface area contributed by atoms with E-state index in [9.17, 15) is 5.11 Å². The van der Waals surface area contributed by atoms with Gasteiger partial charge in [-0.05, 0) is 42.5 Å². The first-order chi connectivity index (χ1) is 9.74. The molecule has 0 aliphatic heterocycles. The zero-order valence-corrected chi connectivity index (χ0v) is 11.9. The Hall–Kier alpha value is -2.16. The smallest absolute Gasteiger partial charge is 0.125 e. The Morgan fingerprint density at radius 1 is 0.900 bits per heavy atom. The van der Waals surface area contributed by atoms with Crippen molar-refractivity contribution >= 4 is 0 Å². The first-order valence-corrected chi connectivity index (χ1v) is 6.72. The van der Waals surface area contributed by atoms with Crippen LogP contribution in [0, 0.1) is 0 Å². The summed E-state index contributed by atoms with van der Waals surface area (Å²) in [5.41, 5.74) is 2.14. The maximum absolute atomic E-state index is 9.74. The summed E-state index contributed by atoms with van der Waals surface area (Å²) >= 11 is 0. The van der Waals surface area contributed by atoms with Crippen LogP contribution in [-0.4, -0.2) is 19.3 Å². The molecule has 0 aromatic heterocycles. The lowest BCUT2D eigenvalue weighted by molar-refractivity contribution is 0.390. The predicted octanol–water partition coefficient (Wildman–Crippen LogP) is 3.58. The molecule has 2 rings (SSSR count). The van der Waals surface area contributed by atoms with Gasteiger partial charge >= 0.3 is 0 Å². The highest BCUT2D eigenvalue weighted by atomic mass is 16.5. The van der Waals surface area contributed by atoms with E-state index in [1.54, 1.807) is 20.3 Å². The van der Waals surface area contributed by atoms with Crippen LogP contribution in [0.2, 0.25) is 0 Å². The average molecular weight is 272 g/mol. The number of ether oxygens (including phenoxy) is 2. The van der Waals surface area contributed by atoms with Crippen LogP contribution in [0.1, 0.15) is 17.5 Å². The van der Waals surface area contributed by atoms with Crippen LogP contribution in [0.5, 0.6) is 17.2 Å². The predicted molar refractivity (Wildman–Crippen MR) is 79.7 cm³/mol. The van der Waals surface area contributed by atoms with E-state index >= 15 is 0 Å². The zero-order valence-electron chi connectivity index (χ0n) is 11.9. The van der Waals surface area contributed by atoms with E-state index in [1.165, 1.54) is 0 Å². The van der Waals surface area contributed by atoms with Crippen LogP contribution < -0.4 is 9.47 Å². The molecule has 3 heteroatoms. The standard InChI is InChI=1S/C17H20O3/c1-19-15-11-10-14(17(12-15)20-2)8-5-7-13-6-3-4-9-16(13)18/h3-4,6,9-12,18H,5,7-8H2,1-2H3. The summed E-state index contributed by atoms with van der Waals surface area (Å²) < 4.78 is 10.6. The summed E-state index contributed by atoms with van der Waals surface area (Å²) in [5.74, 6) is 2.02. The maximum Gasteiger partial charge on any atom is 0.125 e. The second kappa shape index (κ2) is 6.85. The molecule has 3 nitrogen and oxygen atoms in total. The van der Waals surface area contributed by atoms with Gasteiger partial charge in [0.2, 0.25) is 0 Å². The van der Waals surface area contributed by atoms with Gasteiger partial charge in [0.05, 0.1) is 14.2 Å². The van der Waals surface area contributed by atoms with Crippen LogP contribution in [0.15, 0.2) is 42.5 Å². The van der Waals surface area contributed by atoms with E-state index < -0.39 is 0 Å². The normalized spacial score (nSPS) is 10.3. The third-order valence-electron chi connectivity index (χ3n) is 3.38. The molecule has 0 spiro atoms. The van der Waals surface area contributed by atoms with Gasteiger partial charge in [-0.1, -0.05) is 24.3 Å². The Kier molecular flexibility index (Phi) is 4.88. The fourth-order valence-corrected chi connectivity index (χ4v) is 2.25. The molecule has 0 bridgehead atoms. The molecule has 0 heterocycles. The van der Waals surface area contributed by atoms with Gasteiger partial charge in [0.25, 0.3) is 0 Å². The number of aryl methyl sites for hydroxylation is 2. The van der Waals surface area contributed by atoms with Crippen LogP contribution in [-0.2, 0) is 12.8 Å². The Morgan fingerprint density at radius 2 is 1.65 bits per heavy atom. The number of rotatable bonds is 6. The van der Waals surface area contributed by atoms with Crippen LogP contribution in [0.3, 0.4) is 0 Å². The van der Waals surface area contributed by atoms with Gasteiger partial charge in [0.1, 0.15) is 17.2 Å². The molecule has 0 unspecified atom stereocenters.